The van der Waals surface area contributed by atoms with Gasteiger partial charge in [0.25, 0.3) is 0 Å². The van der Waals surface area contributed by atoms with Gasteiger partial charge in [-0.15, -0.1) is 0 Å². The fourth-order valence-corrected chi connectivity index (χ4v) is 4.09. The number of carbonyl (C=O) groups is 2. The van der Waals surface area contributed by atoms with Crippen molar-refractivity contribution >= 4 is 17.8 Å². The molecule has 1 aromatic rings. The Bertz CT molecular complexity index is 776. The van der Waals surface area contributed by atoms with Crippen molar-refractivity contribution in [3.05, 3.63) is 18.2 Å². The van der Waals surface area contributed by atoms with Crippen LogP contribution >= 0.6 is 0 Å². The number of aromatic nitrogens is 2. The third kappa shape index (κ3) is 5.15. The molecule has 30 heavy (non-hydrogen) atoms. The first kappa shape index (κ1) is 22.2. The molecule has 3 aliphatic heterocycles. The van der Waals surface area contributed by atoms with Gasteiger partial charge in [-0.05, 0) is 25.7 Å². The van der Waals surface area contributed by atoms with E-state index in [4.69, 9.17) is 14.6 Å². The van der Waals surface area contributed by atoms with Gasteiger partial charge < -0.3 is 19.6 Å². The van der Waals surface area contributed by atoms with Crippen molar-refractivity contribution in [3.63, 3.8) is 0 Å². The van der Waals surface area contributed by atoms with E-state index in [-0.39, 0.29) is 17.6 Å². The van der Waals surface area contributed by atoms with Gasteiger partial charge in [0.15, 0.2) is 5.82 Å². The number of ether oxygens (including phenoxy) is 1. The fourth-order valence-electron chi connectivity index (χ4n) is 4.09. The summed E-state index contributed by atoms with van der Waals surface area (Å²) in [5.74, 6) is -2.35. The molecule has 1 amide bonds. The quantitative estimate of drug-likeness (QED) is 0.712. The number of hydrogen-bond acceptors (Lipinski definition) is 6. The maximum Gasteiger partial charge on any atom is 0.490 e. The summed E-state index contributed by atoms with van der Waals surface area (Å²) in [5, 5.41) is 7.12. The number of aliphatic carboxylic acids is 1. The number of amides is 1. The number of carbonyl (C=O) groups excluding carboxylic acids is 1. The van der Waals surface area contributed by atoms with Crippen molar-refractivity contribution in [1.29, 1.82) is 0 Å². The summed E-state index contributed by atoms with van der Waals surface area (Å²) in [7, 11) is 0. The molecule has 1 aromatic heterocycles. The van der Waals surface area contributed by atoms with Crippen molar-refractivity contribution in [3.8, 4) is 0 Å². The van der Waals surface area contributed by atoms with E-state index >= 15 is 0 Å². The minimum atomic E-state index is -5.08. The number of nitrogens with zero attached hydrogens (tertiary/aromatic N) is 4. The Balaban J connectivity index is 0.000000318. The first-order valence-electron chi connectivity index (χ1n) is 9.56. The van der Waals surface area contributed by atoms with Crippen LogP contribution in [-0.4, -0.2) is 75.9 Å². The van der Waals surface area contributed by atoms with Crippen LogP contribution in [0.3, 0.4) is 0 Å². The Morgan fingerprint density at radius 2 is 1.93 bits per heavy atom. The lowest BCUT2D eigenvalue weighted by Crippen LogP contribution is -2.50. The average Bonchev–Trinajstić information content (AvgIpc) is 3.29. The Kier molecular flexibility index (Phi) is 6.44. The van der Waals surface area contributed by atoms with E-state index in [0.717, 1.165) is 38.8 Å². The number of hydrogen-bond donors (Lipinski definition) is 1. The van der Waals surface area contributed by atoms with E-state index in [1.807, 2.05) is 9.80 Å². The predicted octanol–water partition coefficient (Wildman–Crippen LogP) is 2.00. The van der Waals surface area contributed by atoms with E-state index in [1.54, 1.807) is 0 Å². The summed E-state index contributed by atoms with van der Waals surface area (Å²) in [6.45, 7) is 3.07. The number of likely N-dealkylation sites (tertiary alicyclic amines) is 1. The maximum atomic E-state index is 13.0. The highest BCUT2D eigenvalue weighted by molar-refractivity contribution is 5.78. The van der Waals surface area contributed by atoms with Crippen molar-refractivity contribution in [2.75, 3.05) is 31.1 Å². The minimum Gasteiger partial charge on any atom is -0.475 e. The number of rotatable bonds is 2. The van der Waals surface area contributed by atoms with E-state index in [2.05, 4.69) is 9.97 Å². The third-order valence-electron chi connectivity index (χ3n) is 5.47. The number of carboxylic acid groups (broad SMARTS) is 1. The number of alkyl halides is 3. The van der Waals surface area contributed by atoms with Gasteiger partial charge >= 0.3 is 12.1 Å². The zero-order valence-corrected chi connectivity index (χ0v) is 16.1. The van der Waals surface area contributed by atoms with Gasteiger partial charge in [-0.2, -0.15) is 13.2 Å². The first-order valence-corrected chi connectivity index (χ1v) is 9.56. The minimum absolute atomic E-state index is 0.233. The second-order valence-electron chi connectivity index (χ2n) is 7.54. The molecule has 4 rings (SSSR count). The van der Waals surface area contributed by atoms with Crippen LogP contribution in [0.4, 0.5) is 23.5 Å². The van der Waals surface area contributed by atoms with Gasteiger partial charge in [0.05, 0.1) is 24.5 Å². The summed E-state index contributed by atoms with van der Waals surface area (Å²) >= 11 is 0. The lowest BCUT2D eigenvalue weighted by Gasteiger charge is -2.41. The molecule has 1 N–H and O–H groups in total. The summed E-state index contributed by atoms with van der Waals surface area (Å²) in [6, 6.07) is 0.285. The SMILES string of the molecule is O=C(O)C(F)(F)F.O=C1CCCN1[C@@H]1CCO[C@]2(CCN(c3ncc(F)cn3)C2)C1. The number of carboxylic acids is 1. The average molecular weight is 434 g/mol. The van der Waals surface area contributed by atoms with Crippen molar-refractivity contribution < 1.29 is 37.0 Å². The Morgan fingerprint density at radius 3 is 2.50 bits per heavy atom. The lowest BCUT2D eigenvalue weighted by molar-refractivity contribution is -0.192. The number of halogens is 4. The molecule has 0 unspecified atom stereocenters. The van der Waals surface area contributed by atoms with Gasteiger partial charge in [-0.25, -0.2) is 19.2 Å². The molecule has 3 aliphatic rings. The molecule has 0 aliphatic carbocycles. The predicted molar refractivity (Wildman–Crippen MR) is 95.2 cm³/mol. The molecule has 166 valence electrons. The summed E-state index contributed by atoms with van der Waals surface area (Å²) in [4.78, 5) is 33.1. The van der Waals surface area contributed by atoms with Crippen molar-refractivity contribution in [2.24, 2.45) is 0 Å². The topological polar surface area (TPSA) is 95.9 Å². The molecular formula is C18H22F4N4O4. The van der Waals surface area contributed by atoms with E-state index < -0.39 is 18.0 Å². The molecule has 3 fully saturated rings. The van der Waals surface area contributed by atoms with Gasteiger partial charge in [0.1, 0.15) is 0 Å². The highest BCUT2D eigenvalue weighted by atomic mass is 19.4. The standard InChI is InChI=1S/C16H21FN4O2.C2HF3O2/c17-12-9-18-15(19-10-12)20-6-4-16(11-20)8-13(3-7-23-16)21-5-1-2-14(21)22;3-2(4,5)1(6)7/h9-10,13H,1-8,11H2;(H,6,7)/t13-,16-;/m1./s1. The molecule has 0 bridgehead atoms. The van der Waals surface area contributed by atoms with E-state index in [1.165, 1.54) is 12.4 Å². The van der Waals surface area contributed by atoms with Gasteiger partial charge in [-0.3, -0.25) is 4.79 Å². The zero-order chi connectivity index (χ0) is 21.9. The largest absolute Gasteiger partial charge is 0.490 e. The van der Waals surface area contributed by atoms with Crippen LogP contribution in [0.25, 0.3) is 0 Å². The third-order valence-corrected chi connectivity index (χ3v) is 5.47. The summed E-state index contributed by atoms with van der Waals surface area (Å²) in [6.07, 6.45) is 1.64. The molecule has 2 atom stereocenters. The maximum absolute atomic E-state index is 13.0. The van der Waals surface area contributed by atoms with Crippen LogP contribution in [0, 0.1) is 5.82 Å². The Morgan fingerprint density at radius 1 is 1.27 bits per heavy atom. The monoisotopic (exact) mass is 434 g/mol. The molecule has 4 heterocycles. The van der Waals surface area contributed by atoms with Crippen LogP contribution in [0.1, 0.15) is 32.1 Å². The highest BCUT2D eigenvalue weighted by Gasteiger charge is 2.46. The van der Waals surface area contributed by atoms with E-state index in [0.29, 0.717) is 25.5 Å². The highest BCUT2D eigenvalue weighted by Crippen LogP contribution is 2.37. The van der Waals surface area contributed by atoms with Crippen molar-refractivity contribution in [1.82, 2.24) is 14.9 Å². The normalized spacial score (nSPS) is 26.7. The van der Waals surface area contributed by atoms with Crippen LogP contribution in [0.2, 0.25) is 0 Å². The number of anilines is 1. The molecule has 12 heteroatoms. The molecule has 3 saturated heterocycles. The second-order valence-corrected chi connectivity index (χ2v) is 7.54. The van der Waals surface area contributed by atoms with E-state index in [9.17, 15) is 22.4 Å². The molecule has 1 spiro atoms. The van der Waals surface area contributed by atoms with Crippen LogP contribution in [0.5, 0.6) is 0 Å². The molecule has 0 aromatic carbocycles. The van der Waals surface area contributed by atoms with Gasteiger partial charge in [0.2, 0.25) is 11.9 Å². The van der Waals surface area contributed by atoms with Crippen molar-refractivity contribution in [2.45, 2.75) is 49.9 Å². The molecular weight excluding hydrogens is 412 g/mol. The smallest absolute Gasteiger partial charge is 0.475 e. The molecule has 8 nitrogen and oxygen atoms in total. The Labute approximate surface area is 169 Å². The van der Waals surface area contributed by atoms with Crippen LogP contribution < -0.4 is 4.90 Å². The first-order chi connectivity index (χ1) is 14.1. The summed E-state index contributed by atoms with van der Waals surface area (Å²) in [5.41, 5.74) is -0.233. The summed E-state index contributed by atoms with van der Waals surface area (Å²) < 4.78 is 50.8. The molecule has 0 radical (unpaired) electrons. The second kappa shape index (κ2) is 8.70. The van der Waals surface area contributed by atoms with Crippen LogP contribution in [-0.2, 0) is 14.3 Å². The van der Waals surface area contributed by atoms with Gasteiger partial charge in [0, 0.05) is 32.2 Å². The van der Waals surface area contributed by atoms with Gasteiger partial charge in [-0.1, -0.05) is 0 Å². The molecule has 0 saturated carbocycles. The van der Waals surface area contributed by atoms with Crippen LogP contribution in [0.15, 0.2) is 12.4 Å². The Hall–Kier alpha value is -2.50. The zero-order valence-electron chi connectivity index (χ0n) is 16.1. The lowest BCUT2D eigenvalue weighted by atomic mass is 9.89. The fraction of sp³-hybridized carbons (Fsp3) is 0.667.